The van der Waals surface area contributed by atoms with Crippen LogP contribution in [0.5, 0.6) is 0 Å². The molecule has 0 atom stereocenters. The quantitative estimate of drug-likeness (QED) is 0.835. The molecule has 0 aromatic heterocycles. The van der Waals surface area contributed by atoms with E-state index in [9.17, 15) is 4.39 Å². The van der Waals surface area contributed by atoms with Crippen molar-refractivity contribution in [3.63, 3.8) is 0 Å². The second-order valence-electron chi connectivity index (χ2n) is 4.77. The molecule has 1 aromatic carbocycles. The molecule has 1 aliphatic heterocycles. The van der Waals surface area contributed by atoms with Crippen LogP contribution in [0.2, 0.25) is 0 Å². The highest BCUT2D eigenvalue weighted by atomic mass is 19.1. The van der Waals surface area contributed by atoms with Crippen LogP contribution < -0.4 is 10.6 Å². The van der Waals surface area contributed by atoms with Gasteiger partial charge in [-0.3, -0.25) is 0 Å². The van der Waals surface area contributed by atoms with Crippen molar-refractivity contribution in [1.29, 1.82) is 0 Å². The van der Waals surface area contributed by atoms with E-state index in [2.05, 4.69) is 22.8 Å². The number of nitrogens with one attached hydrogen (secondary N) is 2. The summed E-state index contributed by atoms with van der Waals surface area (Å²) in [6.45, 7) is 2.51. The van der Waals surface area contributed by atoms with Gasteiger partial charge in [0.1, 0.15) is 5.67 Å². The van der Waals surface area contributed by atoms with Crippen molar-refractivity contribution >= 4 is 0 Å². The lowest BCUT2D eigenvalue weighted by Gasteiger charge is -2.30. The van der Waals surface area contributed by atoms with Crippen LogP contribution in [0.25, 0.3) is 0 Å². The Bertz CT molecular complexity index is 342. The fraction of sp³-hybridized carbons (Fsp3) is 0.571. The molecule has 3 heteroatoms. The molecule has 1 heterocycles. The van der Waals surface area contributed by atoms with Gasteiger partial charge in [0.2, 0.25) is 0 Å². The summed E-state index contributed by atoms with van der Waals surface area (Å²) >= 11 is 0. The number of hydrogen-bond acceptors (Lipinski definition) is 2. The Morgan fingerprint density at radius 2 is 1.88 bits per heavy atom. The van der Waals surface area contributed by atoms with Crippen LogP contribution in [0.3, 0.4) is 0 Å². The van der Waals surface area contributed by atoms with Crippen LogP contribution in [0.15, 0.2) is 24.3 Å². The fourth-order valence-corrected chi connectivity index (χ4v) is 2.35. The first-order chi connectivity index (χ1) is 8.24. The summed E-state index contributed by atoms with van der Waals surface area (Å²) in [7, 11) is 1.94. The van der Waals surface area contributed by atoms with E-state index in [4.69, 9.17) is 0 Å². The molecule has 0 unspecified atom stereocenters. The van der Waals surface area contributed by atoms with Gasteiger partial charge in [-0.1, -0.05) is 24.3 Å². The van der Waals surface area contributed by atoms with Crippen molar-refractivity contribution in [2.24, 2.45) is 0 Å². The Hall–Kier alpha value is -0.930. The maximum absolute atomic E-state index is 14.6. The standard InChI is InChI=1S/C14H21FN2/c1-16-9-6-12-2-4-13(5-3-12)14(15)7-10-17-11-8-14/h2-5,16-17H,6-11H2,1H3. The van der Waals surface area contributed by atoms with Gasteiger partial charge in [-0.25, -0.2) is 4.39 Å². The van der Waals surface area contributed by atoms with Gasteiger partial charge in [0.25, 0.3) is 0 Å². The Labute approximate surface area is 103 Å². The summed E-state index contributed by atoms with van der Waals surface area (Å²) in [6.07, 6.45) is 2.17. The normalized spacial score (nSPS) is 19.2. The molecule has 0 bridgehead atoms. The number of rotatable bonds is 4. The third-order valence-corrected chi connectivity index (χ3v) is 3.53. The van der Waals surface area contributed by atoms with E-state index in [1.54, 1.807) is 0 Å². The van der Waals surface area contributed by atoms with Crippen molar-refractivity contribution in [2.45, 2.75) is 24.9 Å². The van der Waals surface area contributed by atoms with E-state index in [0.29, 0.717) is 12.8 Å². The van der Waals surface area contributed by atoms with Crippen molar-refractivity contribution < 1.29 is 4.39 Å². The lowest BCUT2D eigenvalue weighted by Crippen LogP contribution is -2.36. The van der Waals surface area contributed by atoms with Gasteiger partial charge in [0.15, 0.2) is 0 Å². The van der Waals surface area contributed by atoms with Gasteiger partial charge in [0.05, 0.1) is 0 Å². The number of benzene rings is 1. The van der Waals surface area contributed by atoms with Crippen LogP contribution in [-0.2, 0) is 12.1 Å². The first-order valence-corrected chi connectivity index (χ1v) is 6.38. The highest BCUT2D eigenvalue weighted by Gasteiger charge is 2.33. The van der Waals surface area contributed by atoms with Crippen LogP contribution >= 0.6 is 0 Å². The lowest BCUT2D eigenvalue weighted by molar-refractivity contribution is 0.115. The summed E-state index contributed by atoms with van der Waals surface area (Å²) in [5, 5.41) is 6.32. The Morgan fingerprint density at radius 3 is 2.47 bits per heavy atom. The van der Waals surface area contributed by atoms with Gasteiger partial charge < -0.3 is 10.6 Å². The number of likely N-dealkylation sites (N-methyl/N-ethyl adjacent to an activating group) is 1. The molecular formula is C14H21FN2. The number of alkyl halides is 1. The zero-order chi connectivity index (χ0) is 12.1. The molecule has 1 saturated heterocycles. The zero-order valence-corrected chi connectivity index (χ0v) is 10.4. The lowest BCUT2D eigenvalue weighted by atomic mass is 9.86. The summed E-state index contributed by atoms with van der Waals surface area (Å²) < 4.78 is 14.6. The molecule has 2 rings (SSSR count). The largest absolute Gasteiger partial charge is 0.319 e. The van der Waals surface area contributed by atoms with Crippen LogP contribution in [0.1, 0.15) is 24.0 Å². The molecule has 0 saturated carbocycles. The summed E-state index contributed by atoms with van der Waals surface area (Å²) in [5.74, 6) is 0. The van der Waals surface area contributed by atoms with E-state index in [-0.39, 0.29) is 0 Å². The number of hydrogen-bond donors (Lipinski definition) is 2. The van der Waals surface area contributed by atoms with Crippen LogP contribution in [-0.4, -0.2) is 26.7 Å². The highest BCUT2D eigenvalue weighted by molar-refractivity contribution is 5.28. The van der Waals surface area contributed by atoms with Gasteiger partial charge in [-0.2, -0.15) is 0 Å². The summed E-state index contributed by atoms with van der Waals surface area (Å²) in [6, 6.07) is 8.01. The SMILES string of the molecule is CNCCc1ccc(C2(F)CCNCC2)cc1. The average molecular weight is 236 g/mol. The predicted octanol–water partition coefficient (Wildman–Crippen LogP) is 2.00. The van der Waals surface area contributed by atoms with Gasteiger partial charge in [-0.05, 0) is 57.1 Å². The number of piperidine rings is 1. The molecule has 1 aromatic rings. The molecule has 0 radical (unpaired) electrons. The maximum Gasteiger partial charge on any atom is 0.138 e. The molecule has 0 spiro atoms. The number of halogens is 1. The molecule has 17 heavy (non-hydrogen) atoms. The van der Waals surface area contributed by atoms with Crippen molar-refractivity contribution in [1.82, 2.24) is 10.6 Å². The van der Waals surface area contributed by atoms with Crippen molar-refractivity contribution in [2.75, 3.05) is 26.7 Å². The van der Waals surface area contributed by atoms with Crippen LogP contribution in [0, 0.1) is 0 Å². The molecular weight excluding hydrogens is 215 g/mol. The monoisotopic (exact) mass is 236 g/mol. The van der Waals surface area contributed by atoms with E-state index in [1.807, 2.05) is 19.2 Å². The van der Waals surface area contributed by atoms with E-state index in [1.165, 1.54) is 5.56 Å². The van der Waals surface area contributed by atoms with Gasteiger partial charge in [0, 0.05) is 0 Å². The molecule has 1 fully saturated rings. The molecule has 2 N–H and O–H groups in total. The summed E-state index contributed by atoms with van der Waals surface area (Å²) in [4.78, 5) is 0. The third kappa shape index (κ3) is 3.05. The Balaban J connectivity index is 2.06. The van der Waals surface area contributed by atoms with E-state index < -0.39 is 5.67 Å². The smallest absolute Gasteiger partial charge is 0.138 e. The molecule has 0 aliphatic carbocycles. The first-order valence-electron chi connectivity index (χ1n) is 6.38. The second kappa shape index (κ2) is 5.61. The average Bonchev–Trinajstić information content (AvgIpc) is 2.38. The predicted molar refractivity (Wildman–Crippen MR) is 69.0 cm³/mol. The Kier molecular flexibility index (Phi) is 4.13. The van der Waals surface area contributed by atoms with Crippen molar-refractivity contribution in [3.05, 3.63) is 35.4 Å². The minimum Gasteiger partial charge on any atom is -0.319 e. The van der Waals surface area contributed by atoms with Gasteiger partial charge >= 0.3 is 0 Å². The minimum atomic E-state index is -1.12. The highest BCUT2D eigenvalue weighted by Crippen LogP contribution is 2.34. The molecule has 94 valence electrons. The molecule has 0 amide bonds. The van der Waals surface area contributed by atoms with Crippen molar-refractivity contribution in [3.8, 4) is 0 Å². The maximum atomic E-state index is 14.6. The third-order valence-electron chi connectivity index (χ3n) is 3.53. The fourth-order valence-electron chi connectivity index (χ4n) is 2.35. The van der Waals surface area contributed by atoms with Crippen LogP contribution in [0.4, 0.5) is 4.39 Å². The topological polar surface area (TPSA) is 24.1 Å². The van der Waals surface area contributed by atoms with E-state index >= 15 is 0 Å². The first kappa shape index (κ1) is 12.5. The minimum absolute atomic E-state index is 0.586. The molecule has 1 aliphatic rings. The summed E-state index contributed by atoms with van der Waals surface area (Å²) in [5.41, 5.74) is 0.986. The zero-order valence-electron chi connectivity index (χ0n) is 10.4. The molecule has 2 nitrogen and oxygen atoms in total. The van der Waals surface area contributed by atoms with Gasteiger partial charge in [-0.15, -0.1) is 0 Å². The second-order valence-corrected chi connectivity index (χ2v) is 4.77. The van der Waals surface area contributed by atoms with E-state index in [0.717, 1.165) is 31.6 Å². The Morgan fingerprint density at radius 1 is 1.24 bits per heavy atom.